The number of rotatable bonds is 11. The second-order valence-electron chi connectivity index (χ2n) is 10.3. The number of fused-ring (bicyclic) bond motifs is 1. The van der Waals surface area contributed by atoms with Gasteiger partial charge in [0.2, 0.25) is 5.91 Å². The number of hydrogen-bond acceptors (Lipinski definition) is 4. The number of aldehydes is 1. The minimum Gasteiger partial charge on any atom is -0.459 e. The van der Waals surface area contributed by atoms with Crippen LogP contribution in [0.2, 0.25) is 0 Å². The highest BCUT2D eigenvalue weighted by Crippen LogP contribution is 2.23. The normalized spacial score (nSPS) is 12.3. The molecule has 0 aliphatic heterocycles. The average Bonchev–Trinajstić information content (AvgIpc) is 3.04. The highest BCUT2D eigenvalue weighted by atomic mass is 16.5. The second kappa shape index (κ2) is 13.6. The third-order valence-electron chi connectivity index (χ3n) is 7.34. The Labute approximate surface area is 246 Å². The van der Waals surface area contributed by atoms with Crippen LogP contribution in [0.4, 0.5) is 0 Å². The molecule has 2 atom stereocenters. The van der Waals surface area contributed by atoms with Crippen molar-refractivity contribution >= 4 is 28.9 Å². The number of ether oxygens (including phenoxy) is 1. The quantitative estimate of drug-likeness (QED) is 0.144. The van der Waals surface area contributed by atoms with E-state index in [4.69, 9.17) is 4.74 Å². The van der Waals surface area contributed by atoms with Crippen molar-refractivity contribution in [2.45, 2.75) is 25.5 Å². The zero-order valence-corrected chi connectivity index (χ0v) is 23.2. The van der Waals surface area contributed by atoms with Gasteiger partial charge in [-0.2, -0.15) is 0 Å². The van der Waals surface area contributed by atoms with E-state index in [1.807, 2.05) is 109 Å². The molecule has 1 radical (unpaired) electrons. The van der Waals surface area contributed by atoms with Crippen LogP contribution in [0.1, 0.15) is 27.0 Å². The number of carbonyl (C=O) groups excluding carboxylic acids is 3. The summed E-state index contributed by atoms with van der Waals surface area (Å²) in [7, 11) is 0. The van der Waals surface area contributed by atoms with E-state index in [0.717, 1.165) is 39.3 Å². The van der Waals surface area contributed by atoms with E-state index in [0.29, 0.717) is 17.5 Å². The van der Waals surface area contributed by atoms with Gasteiger partial charge in [0.05, 0.1) is 0 Å². The molecule has 1 amide bonds. The summed E-state index contributed by atoms with van der Waals surface area (Å²) in [6.45, 7) is 4.16. The van der Waals surface area contributed by atoms with Crippen LogP contribution < -0.4 is 5.32 Å². The first-order valence-corrected chi connectivity index (χ1v) is 14.0. The summed E-state index contributed by atoms with van der Waals surface area (Å²) < 4.78 is 5.62. The zero-order chi connectivity index (χ0) is 29.3. The summed E-state index contributed by atoms with van der Waals surface area (Å²) in [5.74, 6) is -1.58. The fourth-order valence-corrected chi connectivity index (χ4v) is 5.03. The van der Waals surface area contributed by atoms with Crippen LogP contribution in [0, 0.1) is 12.8 Å². The van der Waals surface area contributed by atoms with Crippen molar-refractivity contribution in [1.82, 2.24) is 5.32 Å². The van der Waals surface area contributed by atoms with Gasteiger partial charge in [0.1, 0.15) is 12.6 Å². The molecule has 0 aromatic heterocycles. The lowest BCUT2D eigenvalue weighted by Gasteiger charge is -2.21. The third-order valence-corrected chi connectivity index (χ3v) is 7.34. The molecular weight excluding hydrogens is 522 g/mol. The van der Waals surface area contributed by atoms with Gasteiger partial charge in [-0.15, -0.1) is 0 Å². The zero-order valence-electron chi connectivity index (χ0n) is 23.2. The van der Waals surface area contributed by atoms with E-state index in [9.17, 15) is 14.4 Å². The standard InChI is InChI=1S/C37H32NO4/c1-26(22-27-16-18-30(19-17-27)29-12-6-3-7-13-29)36(40)38-35(37(41)42-25-28-10-4-2-5-11-28)23-32-21-20-31-14-8-9-15-33(31)34(32)24-39/h2-21,24,26,35H,1,22-23,25H2,(H,38,40)/t26-,35+/m1/s1. The molecule has 0 aliphatic rings. The maximum atomic E-state index is 13.3. The first-order chi connectivity index (χ1) is 20.5. The second-order valence-corrected chi connectivity index (χ2v) is 10.3. The Kier molecular flexibility index (Phi) is 9.20. The molecule has 0 bridgehead atoms. The van der Waals surface area contributed by atoms with Crippen LogP contribution in [0.5, 0.6) is 0 Å². The Morgan fingerprint density at radius 1 is 0.714 bits per heavy atom. The minimum atomic E-state index is -0.995. The highest BCUT2D eigenvalue weighted by molar-refractivity contribution is 6.00. The molecule has 209 valence electrons. The predicted octanol–water partition coefficient (Wildman–Crippen LogP) is 6.78. The maximum absolute atomic E-state index is 13.3. The molecule has 1 N–H and O–H groups in total. The molecule has 5 rings (SSSR count). The maximum Gasteiger partial charge on any atom is 0.329 e. The first kappa shape index (κ1) is 28.5. The molecule has 5 aromatic rings. The Hall–Kier alpha value is -5.03. The monoisotopic (exact) mass is 554 g/mol. The molecular formula is C37H32NO4. The van der Waals surface area contributed by atoms with Gasteiger partial charge in [-0.25, -0.2) is 4.79 Å². The number of benzene rings is 5. The summed E-state index contributed by atoms with van der Waals surface area (Å²) in [6.07, 6.45) is 1.31. The Balaban J connectivity index is 1.32. The minimum absolute atomic E-state index is 0.0753. The van der Waals surface area contributed by atoms with Crippen molar-refractivity contribution < 1.29 is 19.1 Å². The van der Waals surface area contributed by atoms with Crippen LogP contribution in [-0.4, -0.2) is 24.2 Å². The van der Waals surface area contributed by atoms with E-state index in [1.54, 1.807) is 0 Å². The van der Waals surface area contributed by atoms with Crippen LogP contribution >= 0.6 is 0 Å². The average molecular weight is 555 g/mol. The molecule has 0 aliphatic carbocycles. The van der Waals surface area contributed by atoms with Gasteiger partial charge in [-0.3, -0.25) is 9.59 Å². The van der Waals surface area contributed by atoms with Gasteiger partial charge in [-0.1, -0.05) is 121 Å². The molecule has 0 saturated carbocycles. The number of nitrogens with one attached hydrogen (secondary N) is 1. The van der Waals surface area contributed by atoms with Crippen LogP contribution in [0.3, 0.4) is 0 Å². The van der Waals surface area contributed by atoms with Crippen LogP contribution in [0.25, 0.3) is 21.9 Å². The fraction of sp³-hybridized carbons (Fsp3) is 0.135. The SMILES string of the molecule is [CH2][C@H](Cc1ccc(-c2ccccc2)cc1)C(=O)N[C@@H](Cc1ccc2ccccc2c1C=O)C(=O)OCc1ccccc1. The van der Waals surface area contributed by atoms with E-state index >= 15 is 0 Å². The summed E-state index contributed by atoms with van der Waals surface area (Å²) >= 11 is 0. The lowest BCUT2D eigenvalue weighted by molar-refractivity contribution is -0.149. The third kappa shape index (κ3) is 6.99. The van der Waals surface area contributed by atoms with E-state index < -0.39 is 17.9 Å². The first-order valence-electron chi connectivity index (χ1n) is 14.0. The number of amides is 1. The molecule has 5 aromatic carbocycles. The van der Waals surface area contributed by atoms with Gasteiger partial charge in [0, 0.05) is 17.9 Å². The summed E-state index contributed by atoms with van der Waals surface area (Å²) in [5, 5.41) is 4.58. The van der Waals surface area contributed by atoms with Crippen LogP contribution in [0.15, 0.2) is 121 Å². The van der Waals surface area contributed by atoms with Crippen molar-refractivity contribution in [2.24, 2.45) is 5.92 Å². The van der Waals surface area contributed by atoms with Gasteiger partial charge in [0.25, 0.3) is 0 Å². The number of carbonyl (C=O) groups is 3. The van der Waals surface area contributed by atoms with E-state index in [-0.39, 0.29) is 18.9 Å². The molecule has 0 saturated heterocycles. The predicted molar refractivity (Wildman–Crippen MR) is 166 cm³/mol. The van der Waals surface area contributed by atoms with Gasteiger partial charge in [-0.05, 0) is 51.9 Å². The Morgan fingerprint density at radius 3 is 2.07 bits per heavy atom. The molecule has 5 heteroatoms. The van der Waals surface area contributed by atoms with Gasteiger partial charge < -0.3 is 10.1 Å². The van der Waals surface area contributed by atoms with Crippen molar-refractivity contribution in [3.05, 3.63) is 151 Å². The van der Waals surface area contributed by atoms with Crippen molar-refractivity contribution in [3.63, 3.8) is 0 Å². The lowest BCUT2D eigenvalue weighted by atomic mass is 9.94. The van der Waals surface area contributed by atoms with Crippen LogP contribution in [-0.2, 0) is 33.8 Å². The Bertz CT molecular complexity index is 1660. The molecule has 0 unspecified atom stereocenters. The van der Waals surface area contributed by atoms with E-state index in [2.05, 4.69) is 24.4 Å². The fourth-order valence-electron chi connectivity index (χ4n) is 5.03. The number of esters is 1. The highest BCUT2D eigenvalue weighted by Gasteiger charge is 2.27. The number of hydrogen-bond donors (Lipinski definition) is 1. The van der Waals surface area contributed by atoms with Crippen molar-refractivity contribution in [1.29, 1.82) is 0 Å². The molecule has 0 spiro atoms. The van der Waals surface area contributed by atoms with Crippen molar-refractivity contribution in [3.8, 4) is 11.1 Å². The molecule has 0 fully saturated rings. The molecule has 5 nitrogen and oxygen atoms in total. The molecule has 0 heterocycles. The summed E-state index contributed by atoms with van der Waals surface area (Å²) in [6, 6.07) is 37.8. The summed E-state index contributed by atoms with van der Waals surface area (Å²) in [4.78, 5) is 38.8. The van der Waals surface area contributed by atoms with Crippen molar-refractivity contribution in [2.75, 3.05) is 0 Å². The van der Waals surface area contributed by atoms with Gasteiger partial charge in [0.15, 0.2) is 6.29 Å². The smallest absolute Gasteiger partial charge is 0.329 e. The largest absolute Gasteiger partial charge is 0.459 e. The summed E-state index contributed by atoms with van der Waals surface area (Å²) in [5.41, 5.74) is 5.16. The Morgan fingerprint density at radius 2 is 1.36 bits per heavy atom. The van der Waals surface area contributed by atoms with E-state index in [1.165, 1.54) is 0 Å². The lowest BCUT2D eigenvalue weighted by Crippen LogP contribution is -2.45. The topological polar surface area (TPSA) is 72.5 Å². The van der Waals surface area contributed by atoms with Gasteiger partial charge >= 0.3 is 5.97 Å². The molecule has 42 heavy (non-hydrogen) atoms.